The second-order valence-electron chi connectivity index (χ2n) is 5.29. The Morgan fingerprint density at radius 3 is 2.43 bits per heavy atom. The van der Waals surface area contributed by atoms with Gasteiger partial charge in [-0.15, -0.1) is 0 Å². The highest BCUT2D eigenvalue weighted by atomic mass is 16.6. The molecule has 0 aromatic heterocycles. The molecule has 2 aromatic carbocycles. The second kappa shape index (κ2) is 6.44. The predicted molar refractivity (Wildman–Crippen MR) is 84.6 cm³/mol. The molecule has 0 unspecified atom stereocenters. The Kier molecular flexibility index (Phi) is 4.20. The van der Waals surface area contributed by atoms with Crippen LogP contribution >= 0.6 is 0 Å². The van der Waals surface area contributed by atoms with E-state index in [-0.39, 0.29) is 6.10 Å². The number of oxime groups is 1. The van der Waals surface area contributed by atoms with Gasteiger partial charge in [0.2, 0.25) is 0 Å². The summed E-state index contributed by atoms with van der Waals surface area (Å²) in [6.45, 7) is 2.64. The molecule has 0 amide bonds. The fourth-order valence-corrected chi connectivity index (χ4v) is 2.41. The molecule has 0 bridgehead atoms. The van der Waals surface area contributed by atoms with E-state index < -0.39 is 0 Å². The largest absolute Gasteiger partial charge is 0.493 e. The molecule has 108 valence electrons. The van der Waals surface area contributed by atoms with Gasteiger partial charge in [-0.05, 0) is 30.2 Å². The van der Waals surface area contributed by atoms with Crippen LogP contribution in [0.5, 0.6) is 5.75 Å². The Morgan fingerprint density at radius 1 is 1.05 bits per heavy atom. The first-order chi connectivity index (χ1) is 10.3. The molecule has 1 heterocycles. The van der Waals surface area contributed by atoms with Gasteiger partial charge in [-0.1, -0.05) is 47.6 Å². The lowest BCUT2D eigenvalue weighted by Crippen LogP contribution is -2.12. The molecule has 1 atom stereocenters. The van der Waals surface area contributed by atoms with Gasteiger partial charge in [0.05, 0.1) is 12.3 Å². The molecule has 1 aliphatic heterocycles. The maximum atomic E-state index is 5.76. The molecule has 3 nitrogen and oxygen atoms in total. The maximum absolute atomic E-state index is 5.76. The minimum absolute atomic E-state index is 0.175. The van der Waals surface area contributed by atoms with E-state index in [0.29, 0.717) is 6.61 Å². The molecule has 1 aliphatic rings. The summed E-state index contributed by atoms with van der Waals surface area (Å²) in [5.74, 6) is 0.894. The van der Waals surface area contributed by atoms with E-state index in [9.17, 15) is 0 Å². The molecule has 2 aromatic rings. The number of hydrogen-bond donors (Lipinski definition) is 0. The summed E-state index contributed by atoms with van der Waals surface area (Å²) in [6.07, 6.45) is 1.95. The van der Waals surface area contributed by atoms with Crippen LogP contribution in [0.2, 0.25) is 0 Å². The van der Waals surface area contributed by atoms with Crippen LogP contribution in [0.4, 0.5) is 0 Å². The minimum atomic E-state index is 0.175. The van der Waals surface area contributed by atoms with Crippen LogP contribution in [0.1, 0.15) is 19.8 Å². The third-order valence-electron chi connectivity index (χ3n) is 3.55. The van der Waals surface area contributed by atoms with Crippen molar-refractivity contribution in [1.82, 2.24) is 0 Å². The summed E-state index contributed by atoms with van der Waals surface area (Å²) in [5.41, 5.74) is 3.48. The number of benzene rings is 2. The van der Waals surface area contributed by atoms with Crippen molar-refractivity contribution < 1.29 is 9.57 Å². The average Bonchev–Trinajstić information content (AvgIpc) is 2.94. The van der Waals surface area contributed by atoms with Crippen LogP contribution in [-0.4, -0.2) is 18.4 Å². The Morgan fingerprint density at radius 2 is 1.76 bits per heavy atom. The first kappa shape index (κ1) is 13.7. The van der Waals surface area contributed by atoms with Crippen molar-refractivity contribution in [3.63, 3.8) is 0 Å². The summed E-state index contributed by atoms with van der Waals surface area (Å²) in [6, 6.07) is 18.5. The maximum Gasteiger partial charge on any atom is 0.136 e. The van der Waals surface area contributed by atoms with Crippen LogP contribution in [-0.2, 0) is 4.84 Å². The molecule has 0 saturated carbocycles. The van der Waals surface area contributed by atoms with Crippen LogP contribution in [0.25, 0.3) is 11.1 Å². The van der Waals surface area contributed by atoms with Crippen LogP contribution in [0.15, 0.2) is 59.8 Å². The van der Waals surface area contributed by atoms with Crippen molar-refractivity contribution in [3.8, 4) is 16.9 Å². The first-order valence-corrected chi connectivity index (χ1v) is 7.29. The second-order valence-corrected chi connectivity index (χ2v) is 5.29. The van der Waals surface area contributed by atoms with Crippen molar-refractivity contribution in [2.75, 3.05) is 6.61 Å². The number of ether oxygens (including phenoxy) is 1. The van der Waals surface area contributed by atoms with Gasteiger partial charge in [-0.25, -0.2) is 0 Å². The Bertz CT molecular complexity index is 605. The quantitative estimate of drug-likeness (QED) is 0.818. The van der Waals surface area contributed by atoms with Gasteiger partial charge < -0.3 is 9.57 Å². The van der Waals surface area contributed by atoms with E-state index in [1.54, 1.807) is 0 Å². The van der Waals surface area contributed by atoms with Crippen molar-refractivity contribution in [3.05, 3.63) is 54.6 Å². The fraction of sp³-hybridized carbons (Fsp3) is 0.278. The van der Waals surface area contributed by atoms with E-state index in [1.807, 2.05) is 37.3 Å². The molecule has 0 saturated heterocycles. The number of hydrogen-bond acceptors (Lipinski definition) is 3. The molecular weight excluding hydrogens is 262 g/mol. The zero-order valence-electron chi connectivity index (χ0n) is 12.2. The predicted octanol–water partition coefficient (Wildman–Crippen LogP) is 4.29. The van der Waals surface area contributed by atoms with E-state index >= 15 is 0 Å². The Balaban J connectivity index is 1.51. The lowest BCUT2D eigenvalue weighted by atomic mass is 10.1. The third kappa shape index (κ3) is 3.63. The fourth-order valence-electron chi connectivity index (χ4n) is 2.41. The van der Waals surface area contributed by atoms with Gasteiger partial charge in [-0.3, -0.25) is 0 Å². The van der Waals surface area contributed by atoms with Gasteiger partial charge in [0.1, 0.15) is 11.9 Å². The number of nitrogens with zero attached hydrogens (tertiary/aromatic N) is 1. The topological polar surface area (TPSA) is 30.8 Å². The van der Waals surface area contributed by atoms with Gasteiger partial charge >= 0.3 is 0 Å². The normalized spacial score (nSPS) is 17.2. The summed E-state index contributed by atoms with van der Waals surface area (Å²) in [5, 5.41) is 3.95. The van der Waals surface area contributed by atoms with E-state index in [4.69, 9.17) is 9.57 Å². The molecule has 3 rings (SSSR count). The molecule has 0 aliphatic carbocycles. The van der Waals surface area contributed by atoms with Crippen LogP contribution in [0.3, 0.4) is 0 Å². The Labute approximate surface area is 125 Å². The smallest absolute Gasteiger partial charge is 0.136 e. The molecule has 0 radical (unpaired) electrons. The van der Waals surface area contributed by atoms with E-state index in [0.717, 1.165) is 24.3 Å². The monoisotopic (exact) mass is 281 g/mol. The third-order valence-corrected chi connectivity index (χ3v) is 3.55. The van der Waals surface area contributed by atoms with Crippen LogP contribution < -0.4 is 4.74 Å². The minimum Gasteiger partial charge on any atom is -0.493 e. The Hall–Kier alpha value is -2.29. The van der Waals surface area contributed by atoms with Crippen LogP contribution in [0, 0.1) is 0 Å². The van der Waals surface area contributed by atoms with Crippen molar-refractivity contribution in [1.29, 1.82) is 0 Å². The van der Waals surface area contributed by atoms with Crippen molar-refractivity contribution in [2.45, 2.75) is 25.9 Å². The van der Waals surface area contributed by atoms with Crippen molar-refractivity contribution >= 4 is 5.71 Å². The van der Waals surface area contributed by atoms with Gasteiger partial charge in [-0.2, -0.15) is 0 Å². The molecular formula is C18H19NO2. The zero-order chi connectivity index (χ0) is 14.5. The van der Waals surface area contributed by atoms with Gasteiger partial charge in [0.25, 0.3) is 0 Å². The summed E-state index contributed by atoms with van der Waals surface area (Å²) >= 11 is 0. The summed E-state index contributed by atoms with van der Waals surface area (Å²) in [7, 11) is 0. The highest BCUT2D eigenvalue weighted by molar-refractivity contribution is 5.82. The van der Waals surface area contributed by atoms with Gasteiger partial charge in [0, 0.05) is 12.8 Å². The van der Waals surface area contributed by atoms with E-state index in [2.05, 4.69) is 29.4 Å². The highest BCUT2D eigenvalue weighted by Crippen LogP contribution is 2.22. The van der Waals surface area contributed by atoms with Crippen molar-refractivity contribution in [2.24, 2.45) is 5.16 Å². The van der Waals surface area contributed by atoms with E-state index in [1.165, 1.54) is 11.1 Å². The standard InChI is InChI=1S/C18H19NO2/c1-14-13-18(21-19-14)11-12-20-17-9-7-16(8-10-17)15-5-3-2-4-6-15/h2-10,18H,11-13H2,1H3/t18-/m1/s1. The first-order valence-electron chi connectivity index (χ1n) is 7.29. The zero-order valence-corrected chi connectivity index (χ0v) is 12.2. The van der Waals surface area contributed by atoms with Gasteiger partial charge in [0.15, 0.2) is 0 Å². The summed E-state index contributed by atoms with van der Waals surface area (Å²) in [4.78, 5) is 5.29. The molecule has 0 N–H and O–H groups in total. The lowest BCUT2D eigenvalue weighted by molar-refractivity contribution is 0.0675. The molecule has 0 fully saturated rings. The molecule has 21 heavy (non-hydrogen) atoms. The molecule has 3 heteroatoms. The molecule has 0 spiro atoms. The highest BCUT2D eigenvalue weighted by Gasteiger charge is 2.17. The SMILES string of the molecule is CC1=NO[C@H](CCOc2ccc(-c3ccccc3)cc2)C1. The average molecular weight is 281 g/mol. The lowest BCUT2D eigenvalue weighted by Gasteiger charge is -2.10. The number of rotatable bonds is 5. The summed E-state index contributed by atoms with van der Waals surface area (Å²) < 4.78 is 5.76.